The van der Waals surface area contributed by atoms with Crippen molar-refractivity contribution in [2.75, 3.05) is 25.1 Å². The van der Waals surface area contributed by atoms with E-state index in [1.165, 1.54) is 43.4 Å². The molecule has 0 aliphatic rings. The quantitative estimate of drug-likeness (QED) is 0.219. The lowest BCUT2D eigenvalue weighted by atomic mass is 10.1. The van der Waals surface area contributed by atoms with Crippen LogP contribution in [-0.2, 0) is 26.2 Å². The van der Waals surface area contributed by atoms with Crippen molar-refractivity contribution in [2.45, 2.75) is 64.1 Å². The normalized spacial score (nSPS) is 12.6. The summed E-state index contributed by atoms with van der Waals surface area (Å²) in [7, 11) is -1.35. The molecule has 0 bridgehead atoms. The lowest BCUT2D eigenvalue weighted by molar-refractivity contribution is -0.140. The highest BCUT2D eigenvalue weighted by atomic mass is 35.5. The minimum Gasteiger partial charge on any atom is -0.493 e. The van der Waals surface area contributed by atoms with E-state index in [0.717, 1.165) is 9.87 Å². The molecule has 44 heavy (non-hydrogen) atoms. The van der Waals surface area contributed by atoms with Gasteiger partial charge in [0, 0.05) is 18.7 Å². The first kappa shape index (κ1) is 35.0. The van der Waals surface area contributed by atoms with Crippen LogP contribution in [0, 0.1) is 6.92 Å². The van der Waals surface area contributed by atoms with Crippen LogP contribution >= 0.6 is 23.2 Å². The average Bonchev–Trinajstić information content (AvgIpc) is 3.00. The molecule has 0 saturated carbocycles. The number of ether oxygens (including phenoxy) is 2. The summed E-state index contributed by atoms with van der Waals surface area (Å²) in [5.41, 5.74) is 1.69. The van der Waals surface area contributed by atoms with Gasteiger partial charge in [-0.2, -0.15) is 0 Å². The van der Waals surface area contributed by atoms with E-state index in [1.54, 1.807) is 43.3 Å². The summed E-state index contributed by atoms with van der Waals surface area (Å²) in [5.74, 6) is -0.250. The highest BCUT2D eigenvalue weighted by molar-refractivity contribution is 7.92. The van der Waals surface area contributed by atoms with Crippen LogP contribution < -0.4 is 19.1 Å². The molecule has 3 aromatic rings. The van der Waals surface area contributed by atoms with Crippen LogP contribution in [0.4, 0.5) is 5.69 Å². The molecular weight excluding hydrogens is 625 g/mol. The van der Waals surface area contributed by atoms with E-state index in [-0.39, 0.29) is 41.2 Å². The molecule has 0 heterocycles. The van der Waals surface area contributed by atoms with Crippen molar-refractivity contribution in [3.63, 3.8) is 0 Å². The van der Waals surface area contributed by atoms with Crippen LogP contribution in [0.2, 0.25) is 10.0 Å². The third-order valence-electron chi connectivity index (χ3n) is 7.27. The Labute approximate surface area is 270 Å². The van der Waals surface area contributed by atoms with Gasteiger partial charge in [0.25, 0.3) is 10.0 Å². The average molecular weight is 665 g/mol. The second-order valence-corrected chi connectivity index (χ2v) is 13.1. The summed E-state index contributed by atoms with van der Waals surface area (Å²) < 4.78 is 40.0. The largest absolute Gasteiger partial charge is 0.493 e. The fraction of sp³-hybridized carbons (Fsp3) is 0.375. The Balaban J connectivity index is 2.13. The third-order valence-corrected chi connectivity index (χ3v) is 9.79. The number of nitrogens with zero attached hydrogens (tertiary/aromatic N) is 2. The summed E-state index contributed by atoms with van der Waals surface area (Å²) in [6.45, 7) is 6.87. The molecule has 3 rings (SSSR count). The highest BCUT2D eigenvalue weighted by Crippen LogP contribution is 2.34. The van der Waals surface area contributed by atoms with E-state index in [2.05, 4.69) is 5.32 Å². The number of anilines is 1. The number of nitrogens with one attached hydrogen (secondary N) is 1. The molecule has 2 atom stereocenters. The van der Waals surface area contributed by atoms with E-state index in [4.69, 9.17) is 32.7 Å². The molecule has 0 spiro atoms. The number of aryl methyl sites for hydroxylation is 1. The minimum absolute atomic E-state index is 0.00303. The lowest BCUT2D eigenvalue weighted by Gasteiger charge is -2.34. The number of halogens is 2. The highest BCUT2D eigenvalue weighted by Gasteiger charge is 2.34. The van der Waals surface area contributed by atoms with Crippen LogP contribution in [-0.4, -0.2) is 58.0 Å². The number of hydrogen-bond acceptors (Lipinski definition) is 6. The standard InChI is InChI=1S/C32H39Cl2N3O6S/c1-7-22(4)35-32(39)28(8-2)36(19-23-11-15-26(33)27(34)17-23)31(38)20-37(24-12-16-29(42-5)30(18-24)43-6)44(40,41)25-13-9-21(3)10-14-25/h9-18,22,28H,7-8,19-20H2,1-6H3,(H,35,39)/t22-,28-/m0/s1. The van der Waals surface area contributed by atoms with E-state index < -0.39 is 28.5 Å². The summed E-state index contributed by atoms with van der Waals surface area (Å²) >= 11 is 12.4. The number of amides is 2. The summed E-state index contributed by atoms with van der Waals surface area (Å²) in [5, 5.41) is 3.59. The van der Waals surface area contributed by atoms with E-state index in [1.807, 2.05) is 20.8 Å². The van der Waals surface area contributed by atoms with Gasteiger partial charge >= 0.3 is 0 Å². The predicted octanol–water partition coefficient (Wildman–Crippen LogP) is 6.24. The number of carbonyl (C=O) groups is 2. The molecule has 0 radical (unpaired) electrons. The fourth-order valence-corrected chi connectivity index (χ4v) is 6.27. The van der Waals surface area contributed by atoms with Crippen molar-refractivity contribution < 1.29 is 27.5 Å². The van der Waals surface area contributed by atoms with Gasteiger partial charge in [0.1, 0.15) is 12.6 Å². The Morgan fingerprint density at radius 1 is 0.886 bits per heavy atom. The molecule has 0 aliphatic carbocycles. The Bertz CT molecular complexity index is 1570. The SMILES string of the molecule is CC[C@H](C)NC(=O)[C@H](CC)N(Cc1ccc(Cl)c(Cl)c1)C(=O)CN(c1ccc(OC)c(OC)c1)S(=O)(=O)c1ccc(C)cc1. The van der Waals surface area contributed by atoms with Crippen molar-refractivity contribution >= 4 is 50.7 Å². The zero-order valence-corrected chi connectivity index (χ0v) is 28.1. The number of carbonyl (C=O) groups excluding carboxylic acids is 2. The van der Waals surface area contributed by atoms with Gasteiger partial charge < -0.3 is 19.7 Å². The van der Waals surface area contributed by atoms with E-state index in [9.17, 15) is 18.0 Å². The van der Waals surface area contributed by atoms with Crippen LogP contribution in [0.3, 0.4) is 0 Å². The Kier molecular flexibility index (Phi) is 12.3. The van der Waals surface area contributed by atoms with Crippen LogP contribution in [0.1, 0.15) is 44.7 Å². The second-order valence-electron chi connectivity index (χ2n) is 10.4. The summed E-state index contributed by atoms with van der Waals surface area (Å²) in [4.78, 5) is 29.1. The maximum Gasteiger partial charge on any atom is 0.264 e. The van der Waals surface area contributed by atoms with Gasteiger partial charge in [0.15, 0.2) is 11.5 Å². The van der Waals surface area contributed by atoms with Crippen molar-refractivity contribution in [2.24, 2.45) is 0 Å². The molecule has 3 aromatic carbocycles. The van der Waals surface area contributed by atoms with Gasteiger partial charge in [-0.3, -0.25) is 13.9 Å². The number of hydrogen-bond donors (Lipinski definition) is 1. The van der Waals surface area contributed by atoms with E-state index >= 15 is 0 Å². The lowest BCUT2D eigenvalue weighted by Crippen LogP contribution is -2.53. The van der Waals surface area contributed by atoms with Gasteiger partial charge in [-0.05, 0) is 68.7 Å². The minimum atomic E-state index is -4.25. The maximum atomic E-state index is 14.3. The monoisotopic (exact) mass is 663 g/mol. The molecule has 0 unspecified atom stereocenters. The van der Waals surface area contributed by atoms with Gasteiger partial charge in [0.05, 0.1) is 34.8 Å². The van der Waals surface area contributed by atoms with Crippen LogP contribution in [0.5, 0.6) is 11.5 Å². The number of sulfonamides is 1. The fourth-order valence-electron chi connectivity index (χ4n) is 4.54. The van der Waals surface area contributed by atoms with Gasteiger partial charge in [-0.1, -0.05) is 60.8 Å². The van der Waals surface area contributed by atoms with E-state index in [0.29, 0.717) is 27.8 Å². The smallest absolute Gasteiger partial charge is 0.264 e. The Morgan fingerprint density at radius 2 is 1.55 bits per heavy atom. The first-order valence-electron chi connectivity index (χ1n) is 14.2. The molecule has 0 fully saturated rings. The zero-order valence-electron chi connectivity index (χ0n) is 25.8. The summed E-state index contributed by atoms with van der Waals surface area (Å²) in [6, 6.07) is 14.9. The molecule has 0 saturated heterocycles. The number of methoxy groups -OCH3 is 2. The van der Waals surface area contributed by atoms with Crippen molar-refractivity contribution in [3.8, 4) is 11.5 Å². The van der Waals surface area contributed by atoms with Crippen LogP contribution in [0.15, 0.2) is 65.6 Å². The Hall–Kier alpha value is -3.47. The molecule has 2 amide bonds. The van der Waals surface area contributed by atoms with Crippen molar-refractivity contribution in [3.05, 3.63) is 81.8 Å². The van der Waals surface area contributed by atoms with Gasteiger partial charge in [-0.15, -0.1) is 0 Å². The zero-order chi connectivity index (χ0) is 32.6. The first-order chi connectivity index (χ1) is 20.9. The molecule has 0 aromatic heterocycles. The van der Waals surface area contributed by atoms with Crippen LogP contribution in [0.25, 0.3) is 0 Å². The molecular formula is C32H39Cl2N3O6S. The first-order valence-corrected chi connectivity index (χ1v) is 16.4. The third kappa shape index (κ3) is 8.37. The molecule has 12 heteroatoms. The molecule has 9 nitrogen and oxygen atoms in total. The number of benzene rings is 3. The second kappa shape index (κ2) is 15.5. The topological polar surface area (TPSA) is 105 Å². The predicted molar refractivity (Wildman–Crippen MR) is 174 cm³/mol. The Morgan fingerprint density at radius 3 is 2.11 bits per heavy atom. The molecule has 0 aliphatic heterocycles. The van der Waals surface area contributed by atoms with Crippen molar-refractivity contribution in [1.82, 2.24) is 10.2 Å². The summed E-state index contributed by atoms with van der Waals surface area (Å²) in [6.07, 6.45) is 0.987. The van der Waals surface area contributed by atoms with Gasteiger partial charge in [0.2, 0.25) is 11.8 Å². The van der Waals surface area contributed by atoms with Crippen molar-refractivity contribution in [1.29, 1.82) is 0 Å². The molecule has 238 valence electrons. The maximum absolute atomic E-state index is 14.3. The van der Waals surface area contributed by atoms with Gasteiger partial charge in [-0.25, -0.2) is 8.42 Å². The molecule has 1 N–H and O–H groups in total. The number of rotatable bonds is 14.